The van der Waals surface area contributed by atoms with Gasteiger partial charge in [-0.3, -0.25) is 9.48 Å². The summed E-state index contributed by atoms with van der Waals surface area (Å²) < 4.78 is 7.07. The molecule has 1 aromatic carbocycles. The van der Waals surface area contributed by atoms with Crippen molar-refractivity contribution in [2.45, 2.75) is 18.7 Å². The number of thioether (sulfide) groups is 1. The number of benzene rings is 1. The lowest BCUT2D eigenvalue weighted by Gasteiger charge is -2.11. The quantitative estimate of drug-likeness (QED) is 0.882. The van der Waals surface area contributed by atoms with Gasteiger partial charge in [0.2, 0.25) is 0 Å². The number of hydrogen-bond donors (Lipinski definition) is 1. The van der Waals surface area contributed by atoms with E-state index in [1.165, 1.54) is 0 Å². The van der Waals surface area contributed by atoms with Crippen molar-refractivity contribution in [1.29, 1.82) is 0 Å². The van der Waals surface area contributed by atoms with Gasteiger partial charge >= 0.3 is 0 Å². The average Bonchev–Trinajstić information content (AvgIpc) is 2.72. The summed E-state index contributed by atoms with van der Waals surface area (Å²) in [5.41, 5.74) is 2.97. The van der Waals surface area contributed by atoms with Gasteiger partial charge in [-0.05, 0) is 38.3 Å². The molecule has 0 unspecified atom stereocenters. The molecular weight excluding hydrogens is 286 g/mol. The van der Waals surface area contributed by atoms with Gasteiger partial charge in [0.05, 0.1) is 29.7 Å². The Balaban J connectivity index is 2.32. The number of anilines is 1. The highest BCUT2D eigenvalue weighted by Gasteiger charge is 2.17. The molecule has 0 bridgehead atoms. The molecule has 0 radical (unpaired) electrons. The molecule has 6 heteroatoms. The molecule has 1 heterocycles. The maximum Gasteiger partial charge on any atom is 0.259 e. The first kappa shape index (κ1) is 15.4. The molecule has 0 atom stereocenters. The lowest BCUT2D eigenvalue weighted by atomic mass is 10.1. The van der Waals surface area contributed by atoms with Crippen molar-refractivity contribution in [3.8, 4) is 5.75 Å². The average molecular weight is 305 g/mol. The summed E-state index contributed by atoms with van der Waals surface area (Å²) in [6, 6.07) is 5.55. The van der Waals surface area contributed by atoms with Crippen LogP contribution in [0.2, 0.25) is 0 Å². The Bertz CT molecular complexity index is 680. The van der Waals surface area contributed by atoms with Crippen LogP contribution in [0.1, 0.15) is 21.7 Å². The van der Waals surface area contributed by atoms with E-state index in [2.05, 4.69) is 10.4 Å². The number of rotatable bonds is 4. The minimum Gasteiger partial charge on any atom is -0.496 e. The van der Waals surface area contributed by atoms with E-state index in [4.69, 9.17) is 4.74 Å². The zero-order valence-corrected chi connectivity index (χ0v) is 13.7. The maximum atomic E-state index is 12.5. The number of aryl methyl sites for hydroxylation is 2. The van der Waals surface area contributed by atoms with E-state index in [1.807, 2.05) is 39.3 Å². The molecule has 2 rings (SSSR count). The molecule has 1 amide bonds. The maximum absolute atomic E-state index is 12.5. The van der Waals surface area contributed by atoms with Gasteiger partial charge in [0.15, 0.2) is 0 Å². The first-order valence-corrected chi connectivity index (χ1v) is 7.74. The van der Waals surface area contributed by atoms with Gasteiger partial charge in [0.25, 0.3) is 5.91 Å². The van der Waals surface area contributed by atoms with E-state index < -0.39 is 0 Å². The summed E-state index contributed by atoms with van der Waals surface area (Å²) in [6.07, 6.45) is 1.98. The first-order chi connectivity index (χ1) is 9.97. The molecule has 2 aromatic rings. The summed E-state index contributed by atoms with van der Waals surface area (Å²) in [6.45, 7) is 3.79. The normalized spacial score (nSPS) is 10.5. The van der Waals surface area contributed by atoms with E-state index in [9.17, 15) is 4.79 Å². The Morgan fingerprint density at radius 2 is 2.10 bits per heavy atom. The van der Waals surface area contributed by atoms with Gasteiger partial charge < -0.3 is 10.1 Å². The van der Waals surface area contributed by atoms with Crippen molar-refractivity contribution in [2.75, 3.05) is 18.7 Å². The Morgan fingerprint density at radius 1 is 1.38 bits per heavy atom. The summed E-state index contributed by atoms with van der Waals surface area (Å²) in [5.74, 6) is 0.372. The van der Waals surface area contributed by atoms with Crippen LogP contribution < -0.4 is 10.1 Å². The van der Waals surface area contributed by atoms with E-state index in [0.29, 0.717) is 11.3 Å². The van der Waals surface area contributed by atoms with Gasteiger partial charge in [-0.25, -0.2) is 0 Å². The predicted molar refractivity (Wildman–Crippen MR) is 85.4 cm³/mol. The van der Waals surface area contributed by atoms with Crippen molar-refractivity contribution in [2.24, 2.45) is 7.05 Å². The number of methoxy groups -OCH3 is 1. The van der Waals surface area contributed by atoms with Crippen LogP contribution in [0.25, 0.3) is 0 Å². The van der Waals surface area contributed by atoms with E-state index in [-0.39, 0.29) is 5.91 Å². The topological polar surface area (TPSA) is 56.1 Å². The van der Waals surface area contributed by atoms with E-state index in [1.54, 1.807) is 29.6 Å². The summed E-state index contributed by atoms with van der Waals surface area (Å²) in [5, 5.41) is 7.21. The fourth-order valence-electron chi connectivity index (χ4n) is 2.12. The molecule has 0 fully saturated rings. The number of ether oxygens (including phenoxy) is 1. The lowest BCUT2D eigenvalue weighted by Crippen LogP contribution is -2.14. The van der Waals surface area contributed by atoms with Crippen LogP contribution in [0.3, 0.4) is 0 Å². The number of carbonyl (C=O) groups is 1. The van der Waals surface area contributed by atoms with Gasteiger partial charge in [-0.1, -0.05) is 0 Å². The number of carbonyl (C=O) groups excluding carboxylic acids is 1. The Hall–Kier alpha value is -1.95. The number of nitrogens with one attached hydrogen (secondary N) is 1. The second-order valence-electron chi connectivity index (χ2n) is 4.69. The zero-order valence-electron chi connectivity index (χ0n) is 12.9. The third-order valence-corrected chi connectivity index (χ3v) is 4.13. The molecule has 0 aliphatic carbocycles. The smallest absolute Gasteiger partial charge is 0.259 e. The molecule has 0 saturated heterocycles. The standard InChI is InChI=1S/C15H19N3O2S/c1-9-14(10(2)18(3)17-9)16-15(19)12-7-6-11(21-5)8-13(12)20-4/h6-8H,1-5H3,(H,16,19). The van der Waals surface area contributed by atoms with Crippen molar-refractivity contribution in [3.05, 3.63) is 35.2 Å². The monoisotopic (exact) mass is 305 g/mol. The summed E-state index contributed by atoms with van der Waals surface area (Å²) >= 11 is 1.61. The SMILES string of the molecule is COc1cc(SC)ccc1C(=O)Nc1c(C)nn(C)c1C. The van der Waals surface area contributed by atoms with Crippen LogP contribution in [0.5, 0.6) is 5.75 Å². The van der Waals surface area contributed by atoms with Crippen molar-refractivity contribution >= 4 is 23.4 Å². The third-order valence-electron chi connectivity index (χ3n) is 3.40. The van der Waals surface area contributed by atoms with Crippen LogP contribution in [0.15, 0.2) is 23.1 Å². The fraction of sp³-hybridized carbons (Fsp3) is 0.333. The van der Waals surface area contributed by atoms with Crippen LogP contribution in [0, 0.1) is 13.8 Å². The van der Waals surface area contributed by atoms with Crippen LogP contribution in [-0.4, -0.2) is 29.1 Å². The van der Waals surface area contributed by atoms with Gasteiger partial charge in [0, 0.05) is 11.9 Å². The molecule has 1 aromatic heterocycles. The second-order valence-corrected chi connectivity index (χ2v) is 5.57. The number of nitrogens with zero attached hydrogens (tertiary/aromatic N) is 2. The van der Waals surface area contributed by atoms with Gasteiger partial charge in [-0.2, -0.15) is 5.10 Å². The first-order valence-electron chi connectivity index (χ1n) is 6.51. The molecule has 112 valence electrons. The minimum absolute atomic E-state index is 0.196. The molecule has 0 saturated carbocycles. The predicted octanol–water partition coefficient (Wildman–Crippen LogP) is 3.02. The number of aromatic nitrogens is 2. The molecular formula is C15H19N3O2S. The molecule has 1 N–H and O–H groups in total. The van der Waals surface area contributed by atoms with Crippen LogP contribution in [-0.2, 0) is 7.05 Å². The Labute approximate surface area is 128 Å². The molecule has 0 aliphatic heterocycles. The van der Waals surface area contributed by atoms with Crippen molar-refractivity contribution < 1.29 is 9.53 Å². The van der Waals surface area contributed by atoms with Crippen molar-refractivity contribution in [1.82, 2.24) is 9.78 Å². The molecule has 21 heavy (non-hydrogen) atoms. The summed E-state index contributed by atoms with van der Waals surface area (Å²) in [4.78, 5) is 13.5. The number of amides is 1. The number of hydrogen-bond acceptors (Lipinski definition) is 4. The molecule has 0 spiro atoms. The van der Waals surface area contributed by atoms with Gasteiger partial charge in [0.1, 0.15) is 5.75 Å². The third kappa shape index (κ3) is 3.05. The Kier molecular flexibility index (Phi) is 4.57. The lowest BCUT2D eigenvalue weighted by molar-refractivity contribution is 0.102. The molecule has 5 nitrogen and oxygen atoms in total. The minimum atomic E-state index is -0.196. The highest BCUT2D eigenvalue weighted by Crippen LogP contribution is 2.27. The van der Waals surface area contributed by atoms with Gasteiger partial charge in [-0.15, -0.1) is 11.8 Å². The summed E-state index contributed by atoms with van der Waals surface area (Å²) in [7, 11) is 3.42. The highest BCUT2D eigenvalue weighted by atomic mass is 32.2. The highest BCUT2D eigenvalue weighted by molar-refractivity contribution is 7.98. The molecule has 0 aliphatic rings. The van der Waals surface area contributed by atoms with Crippen molar-refractivity contribution in [3.63, 3.8) is 0 Å². The fourth-order valence-corrected chi connectivity index (χ4v) is 2.55. The second kappa shape index (κ2) is 6.22. The van der Waals surface area contributed by atoms with E-state index >= 15 is 0 Å². The van der Waals surface area contributed by atoms with E-state index in [0.717, 1.165) is 22.0 Å². The largest absolute Gasteiger partial charge is 0.496 e. The van der Waals surface area contributed by atoms with Crippen LogP contribution >= 0.6 is 11.8 Å². The zero-order chi connectivity index (χ0) is 15.6. The van der Waals surface area contributed by atoms with Crippen LogP contribution in [0.4, 0.5) is 5.69 Å². The Morgan fingerprint density at radius 3 is 2.62 bits per heavy atom.